The van der Waals surface area contributed by atoms with E-state index >= 15 is 0 Å². The molecule has 0 aromatic rings. The molecular weight excluding hydrogens is 201 g/mol. The minimum atomic E-state index is -0.851. The Morgan fingerprint density at radius 3 is 1.56 bits per heavy atom. The van der Waals surface area contributed by atoms with Crippen LogP contribution in [0.1, 0.15) is 20.8 Å². The summed E-state index contributed by atoms with van der Waals surface area (Å²) in [6, 6.07) is 0. The third kappa shape index (κ3) is 2.59. The molecule has 0 aromatic heterocycles. The predicted molar refractivity (Wildman–Crippen MR) is 48.7 cm³/mol. The molecule has 0 aliphatic carbocycles. The van der Waals surface area contributed by atoms with Gasteiger partial charge in [-0.25, -0.2) is 0 Å². The molecule has 51 valence electrons. The summed E-state index contributed by atoms with van der Waals surface area (Å²) in [4.78, 5) is 0. The van der Waals surface area contributed by atoms with Gasteiger partial charge in [-0.05, 0) is 0 Å². The first-order valence-electron chi connectivity index (χ1n) is 3.25. The molecule has 0 heterocycles. The first-order valence-corrected chi connectivity index (χ1v) is 11.4. The van der Waals surface area contributed by atoms with Crippen molar-refractivity contribution in [1.29, 1.82) is 0 Å². The van der Waals surface area contributed by atoms with E-state index in [4.69, 9.17) is 0 Å². The third-order valence-electron chi connectivity index (χ3n) is 2.19. The second-order valence-corrected chi connectivity index (χ2v) is 18.2. The summed E-state index contributed by atoms with van der Waals surface area (Å²) >= 11 is 2.34. The topological polar surface area (TPSA) is 0 Å². The number of hydrogen-bond acceptors (Lipinski definition) is 0. The summed E-state index contributed by atoms with van der Waals surface area (Å²) in [5.41, 5.74) is 0. The van der Waals surface area contributed by atoms with Crippen LogP contribution in [0.25, 0.3) is 0 Å². The summed E-state index contributed by atoms with van der Waals surface area (Å²) in [6.45, 7) is 12.1. The van der Waals surface area contributed by atoms with Gasteiger partial charge >= 0.3 is 69.0 Å². The van der Waals surface area contributed by atoms with Crippen molar-refractivity contribution in [1.82, 2.24) is 0 Å². The molecule has 0 aliphatic rings. The molecule has 0 rings (SSSR count). The van der Waals surface area contributed by atoms with Crippen LogP contribution in [0.4, 0.5) is 0 Å². The van der Waals surface area contributed by atoms with Gasteiger partial charge < -0.3 is 0 Å². The molecule has 0 saturated heterocycles. The van der Waals surface area contributed by atoms with E-state index in [-0.39, 0.29) is 0 Å². The van der Waals surface area contributed by atoms with Crippen molar-refractivity contribution in [2.75, 3.05) is 0 Å². The zero-order chi connectivity index (χ0) is 7.71. The van der Waals surface area contributed by atoms with Gasteiger partial charge in [0.25, 0.3) is 0 Å². The Morgan fingerprint density at radius 1 is 1.22 bits per heavy atom. The van der Waals surface area contributed by atoms with E-state index in [0.29, 0.717) is 5.04 Å². The molecule has 0 fully saturated rings. The maximum absolute atomic E-state index is 2.48. The molecule has 0 saturated carbocycles. The van der Waals surface area contributed by atoms with Gasteiger partial charge in [-0.3, -0.25) is 0 Å². The van der Waals surface area contributed by atoms with Crippen molar-refractivity contribution in [2.45, 2.75) is 38.9 Å². The van der Waals surface area contributed by atoms with E-state index in [1.54, 1.807) is 0 Å². The van der Waals surface area contributed by atoms with Gasteiger partial charge in [0.2, 0.25) is 0 Å². The van der Waals surface area contributed by atoms with Crippen LogP contribution in [0, 0.1) is 0 Å². The summed E-state index contributed by atoms with van der Waals surface area (Å²) in [5.74, 6) is 0. The van der Waals surface area contributed by atoms with Crippen molar-refractivity contribution < 1.29 is 0 Å². The van der Waals surface area contributed by atoms with Gasteiger partial charge in [-0.2, -0.15) is 0 Å². The van der Waals surface area contributed by atoms with Crippen LogP contribution in [-0.4, -0.2) is 30.1 Å². The third-order valence-corrected chi connectivity index (χ3v) is 22.5. The van der Waals surface area contributed by atoms with Crippen molar-refractivity contribution in [3.8, 4) is 0 Å². The van der Waals surface area contributed by atoms with Crippen LogP contribution in [-0.2, 0) is 0 Å². The van der Waals surface area contributed by atoms with Gasteiger partial charge in [-0.1, -0.05) is 0 Å². The monoisotopic (exact) mass is 217 g/mol. The van der Waals surface area contributed by atoms with E-state index in [9.17, 15) is 0 Å². The first-order chi connectivity index (χ1) is 3.81. The Labute approximate surface area is 69.1 Å². The van der Waals surface area contributed by atoms with Crippen LogP contribution in [0.15, 0.2) is 0 Å². The summed E-state index contributed by atoms with van der Waals surface area (Å²) < 4.78 is 0. The van der Waals surface area contributed by atoms with E-state index in [0.717, 1.165) is 0 Å². The Hall–Kier alpha value is 0.977. The fourth-order valence-electron chi connectivity index (χ4n) is 0.188. The molecule has 0 unspecified atom stereocenters. The normalized spacial score (nSPS) is 13.4. The number of rotatable bonds is 1. The van der Waals surface area contributed by atoms with Crippen molar-refractivity contribution in [3.05, 3.63) is 0 Å². The van der Waals surface area contributed by atoms with Crippen LogP contribution in [0.5, 0.6) is 0 Å². The molecule has 0 aromatic carbocycles. The molecule has 0 bridgehead atoms. The van der Waals surface area contributed by atoms with Crippen molar-refractivity contribution in [2.24, 2.45) is 0 Å². The average molecular weight is 216 g/mol. The Morgan fingerprint density at radius 2 is 1.56 bits per heavy atom. The van der Waals surface area contributed by atoms with Gasteiger partial charge in [0, 0.05) is 0 Å². The molecule has 3 heteroatoms. The second kappa shape index (κ2) is 2.92. The molecule has 3 radical (unpaired) electrons. The first kappa shape index (κ1) is 9.98. The molecule has 0 spiro atoms. The molecule has 0 nitrogen and oxygen atoms in total. The van der Waals surface area contributed by atoms with Crippen LogP contribution >= 0.6 is 0 Å². The van der Waals surface area contributed by atoms with E-state index in [1.165, 1.54) is 7.10 Å². The SMILES string of the molecule is CC(C)(C)[Si](C)(C)[Si]=[Ge]. The van der Waals surface area contributed by atoms with E-state index in [2.05, 4.69) is 49.2 Å². The van der Waals surface area contributed by atoms with E-state index < -0.39 is 7.59 Å². The molecule has 0 amide bonds. The van der Waals surface area contributed by atoms with Crippen LogP contribution < -0.4 is 0 Å². The Kier molecular flexibility index (Phi) is 3.24. The maximum atomic E-state index is 2.48. The van der Waals surface area contributed by atoms with Crippen LogP contribution in [0.2, 0.25) is 18.1 Å². The average Bonchev–Trinajstić information content (AvgIpc) is 1.64. The minimum absolute atomic E-state index is 0.597. The second-order valence-electron chi connectivity index (χ2n) is 4.00. The molecule has 0 aliphatic heterocycles. The van der Waals surface area contributed by atoms with Crippen LogP contribution in [0.3, 0.4) is 0 Å². The Bertz CT molecular complexity index is 113. The van der Waals surface area contributed by atoms with Gasteiger partial charge in [-0.15, -0.1) is 0 Å². The number of hydrogen-bond donors (Lipinski definition) is 0. The molecule has 0 N–H and O–H groups in total. The van der Waals surface area contributed by atoms with E-state index in [1.807, 2.05) is 0 Å². The molecule has 9 heavy (non-hydrogen) atoms. The fraction of sp³-hybridized carbons (Fsp3) is 1.00. The van der Waals surface area contributed by atoms with Gasteiger partial charge in [0.1, 0.15) is 0 Å². The summed E-state index contributed by atoms with van der Waals surface area (Å²) in [7, 11) is 0.324. The van der Waals surface area contributed by atoms with Gasteiger partial charge in [0.05, 0.1) is 0 Å². The van der Waals surface area contributed by atoms with Crippen molar-refractivity contribution >= 4 is 30.1 Å². The fourth-order valence-corrected chi connectivity index (χ4v) is 8.77. The van der Waals surface area contributed by atoms with Crippen molar-refractivity contribution in [3.63, 3.8) is 0 Å². The summed E-state index contributed by atoms with van der Waals surface area (Å²) in [5, 5.41) is 0.597. The molecular formula is C6H15GeSi2. The van der Waals surface area contributed by atoms with Gasteiger partial charge in [0.15, 0.2) is 0 Å². The predicted octanol–water partition coefficient (Wildman–Crippen LogP) is 1.78. The zero-order valence-electron chi connectivity index (χ0n) is 7.00. The molecule has 0 atom stereocenters. The summed E-state index contributed by atoms with van der Waals surface area (Å²) in [6.07, 6.45) is 0. The quantitative estimate of drug-likeness (QED) is 0.586. The standard InChI is InChI=1S/C6H15GeSi2/c1-6(2,3)9(4,5)8-7/h1-5H3. The zero-order valence-corrected chi connectivity index (χ0v) is 11.1. The Balaban J connectivity index is 4.32.